The molecule has 0 rings (SSSR count). The van der Waals surface area contributed by atoms with Gasteiger partial charge in [0.05, 0.1) is 0 Å². The van der Waals surface area contributed by atoms with Crippen molar-refractivity contribution in [3.05, 3.63) is 0 Å². The highest BCUT2D eigenvalue weighted by Crippen LogP contribution is 2.12. The lowest BCUT2D eigenvalue weighted by atomic mass is 10.0. The number of hydrogen-bond acceptors (Lipinski definition) is 1. The largest absolute Gasteiger partial charge is 0.405 e. The molecule has 14 heavy (non-hydrogen) atoms. The van der Waals surface area contributed by atoms with Gasteiger partial charge in [0.1, 0.15) is 6.54 Å². The molecule has 3 nitrogen and oxygen atoms in total. The Bertz CT molecular complexity index is 201. The molecule has 0 aromatic heterocycles. The van der Waals surface area contributed by atoms with Crippen LogP contribution in [0.4, 0.5) is 18.0 Å². The number of amides is 2. The average Bonchev–Trinajstić information content (AvgIpc) is 1.99. The zero-order valence-corrected chi connectivity index (χ0v) is 8.46. The first kappa shape index (κ1) is 13.1. The van der Waals surface area contributed by atoms with Crippen LogP contribution in [0.5, 0.6) is 0 Å². The molecular weight excluding hydrogens is 197 g/mol. The van der Waals surface area contributed by atoms with E-state index in [9.17, 15) is 18.0 Å². The van der Waals surface area contributed by atoms with Crippen LogP contribution in [-0.4, -0.2) is 24.3 Å². The van der Waals surface area contributed by atoms with E-state index in [0.29, 0.717) is 6.42 Å². The zero-order valence-electron chi connectivity index (χ0n) is 8.46. The van der Waals surface area contributed by atoms with E-state index in [1.165, 1.54) is 0 Å². The molecule has 2 amide bonds. The van der Waals surface area contributed by atoms with Gasteiger partial charge in [-0.2, -0.15) is 13.2 Å². The second kappa shape index (κ2) is 4.52. The SMILES string of the molecule is CCC(C)(C)NC(=O)NCC(F)(F)F. The molecule has 6 heteroatoms. The lowest BCUT2D eigenvalue weighted by Crippen LogP contribution is -2.49. The third kappa shape index (κ3) is 6.56. The molecular formula is C8H15F3N2O. The van der Waals surface area contributed by atoms with Crippen molar-refractivity contribution < 1.29 is 18.0 Å². The number of carbonyl (C=O) groups is 1. The lowest BCUT2D eigenvalue weighted by molar-refractivity contribution is -0.122. The summed E-state index contributed by atoms with van der Waals surface area (Å²) in [5.41, 5.74) is -0.490. The maximum absolute atomic E-state index is 11.7. The topological polar surface area (TPSA) is 41.1 Å². The van der Waals surface area contributed by atoms with Crippen molar-refractivity contribution in [2.24, 2.45) is 0 Å². The highest BCUT2D eigenvalue weighted by atomic mass is 19.4. The van der Waals surface area contributed by atoms with Crippen molar-refractivity contribution in [2.45, 2.75) is 38.9 Å². The quantitative estimate of drug-likeness (QED) is 0.738. The van der Waals surface area contributed by atoms with Crippen molar-refractivity contribution in [3.63, 3.8) is 0 Å². The highest BCUT2D eigenvalue weighted by molar-refractivity contribution is 5.74. The number of carbonyl (C=O) groups excluding carboxylic acids is 1. The van der Waals surface area contributed by atoms with Gasteiger partial charge < -0.3 is 10.6 Å². The van der Waals surface area contributed by atoms with Gasteiger partial charge in [-0.05, 0) is 20.3 Å². The van der Waals surface area contributed by atoms with Crippen LogP contribution in [0.25, 0.3) is 0 Å². The number of halogens is 3. The Labute approximate surface area is 81.1 Å². The molecule has 0 aliphatic heterocycles. The van der Waals surface area contributed by atoms with Crippen LogP contribution in [-0.2, 0) is 0 Å². The minimum Gasteiger partial charge on any atom is -0.333 e. The van der Waals surface area contributed by atoms with Crippen LogP contribution in [0.2, 0.25) is 0 Å². The van der Waals surface area contributed by atoms with Gasteiger partial charge in [0, 0.05) is 5.54 Å². The van der Waals surface area contributed by atoms with Crippen molar-refractivity contribution in [3.8, 4) is 0 Å². The van der Waals surface area contributed by atoms with E-state index in [-0.39, 0.29) is 0 Å². The molecule has 2 N–H and O–H groups in total. The van der Waals surface area contributed by atoms with Gasteiger partial charge in [-0.25, -0.2) is 4.79 Å². The molecule has 0 bridgehead atoms. The van der Waals surface area contributed by atoms with Gasteiger partial charge >= 0.3 is 12.2 Å². The van der Waals surface area contributed by atoms with Crippen LogP contribution < -0.4 is 10.6 Å². The standard InChI is InChI=1S/C8H15F3N2O/c1-4-7(2,3)13-6(14)12-5-8(9,10)11/h4-5H2,1-3H3,(H2,12,13,14). The molecule has 0 fully saturated rings. The Morgan fingerprint density at radius 1 is 1.29 bits per heavy atom. The molecule has 0 unspecified atom stereocenters. The lowest BCUT2D eigenvalue weighted by Gasteiger charge is -2.24. The van der Waals surface area contributed by atoms with Gasteiger partial charge in [0.25, 0.3) is 0 Å². The van der Waals surface area contributed by atoms with E-state index in [1.807, 2.05) is 6.92 Å². The molecule has 0 radical (unpaired) electrons. The molecule has 0 spiro atoms. The number of alkyl halides is 3. The summed E-state index contributed by atoms with van der Waals surface area (Å²) in [5, 5.41) is 4.17. The number of hydrogen-bond donors (Lipinski definition) is 2. The summed E-state index contributed by atoms with van der Waals surface area (Å²) in [7, 11) is 0. The van der Waals surface area contributed by atoms with E-state index in [4.69, 9.17) is 0 Å². The second-order valence-corrected chi connectivity index (χ2v) is 3.66. The predicted molar refractivity (Wildman–Crippen MR) is 47.0 cm³/mol. The average molecular weight is 212 g/mol. The molecule has 84 valence electrons. The highest BCUT2D eigenvalue weighted by Gasteiger charge is 2.28. The summed E-state index contributed by atoms with van der Waals surface area (Å²) < 4.78 is 35.1. The molecule has 0 aliphatic carbocycles. The van der Waals surface area contributed by atoms with E-state index in [1.54, 1.807) is 19.2 Å². The normalized spacial score (nSPS) is 12.4. The Morgan fingerprint density at radius 2 is 1.79 bits per heavy atom. The fraction of sp³-hybridized carbons (Fsp3) is 0.875. The zero-order chi connectivity index (χ0) is 11.4. The van der Waals surface area contributed by atoms with E-state index >= 15 is 0 Å². The minimum atomic E-state index is -4.37. The molecule has 0 aromatic rings. The second-order valence-electron chi connectivity index (χ2n) is 3.66. The Morgan fingerprint density at radius 3 is 2.14 bits per heavy atom. The maximum Gasteiger partial charge on any atom is 0.405 e. The third-order valence-electron chi connectivity index (χ3n) is 1.79. The first-order valence-corrected chi connectivity index (χ1v) is 4.29. The number of urea groups is 1. The minimum absolute atomic E-state index is 0.490. The first-order valence-electron chi connectivity index (χ1n) is 4.29. The van der Waals surface area contributed by atoms with Crippen LogP contribution >= 0.6 is 0 Å². The Kier molecular flexibility index (Phi) is 4.22. The van der Waals surface area contributed by atoms with E-state index in [2.05, 4.69) is 5.32 Å². The molecule has 0 aromatic carbocycles. The van der Waals surface area contributed by atoms with Crippen LogP contribution in [0.15, 0.2) is 0 Å². The van der Waals surface area contributed by atoms with Crippen LogP contribution in [0.3, 0.4) is 0 Å². The van der Waals surface area contributed by atoms with Gasteiger partial charge in [-0.15, -0.1) is 0 Å². The van der Waals surface area contributed by atoms with E-state index in [0.717, 1.165) is 0 Å². The first-order chi connectivity index (χ1) is 6.16. The number of rotatable bonds is 3. The summed E-state index contributed by atoms with van der Waals surface area (Å²) in [6.07, 6.45) is -3.72. The van der Waals surface area contributed by atoms with Gasteiger partial charge in [0.2, 0.25) is 0 Å². The summed E-state index contributed by atoms with van der Waals surface area (Å²) in [4.78, 5) is 10.9. The molecule has 0 aliphatic rings. The fourth-order valence-corrected chi connectivity index (χ4v) is 0.620. The summed E-state index contributed by atoms with van der Waals surface area (Å²) in [6.45, 7) is 4.00. The molecule has 0 heterocycles. The fourth-order valence-electron chi connectivity index (χ4n) is 0.620. The van der Waals surface area contributed by atoms with Crippen molar-refractivity contribution in [1.29, 1.82) is 0 Å². The summed E-state index contributed by atoms with van der Waals surface area (Å²) >= 11 is 0. The van der Waals surface area contributed by atoms with Gasteiger partial charge in [-0.1, -0.05) is 6.92 Å². The smallest absolute Gasteiger partial charge is 0.333 e. The Hall–Kier alpha value is -0.940. The van der Waals surface area contributed by atoms with Gasteiger partial charge in [0.15, 0.2) is 0 Å². The summed E-state index contributed by atoms with van der Waals surface area (Å²) in [6, 6.07) is -0.797. The molecule has 0 saturated carbocycles. The third-order valence-corrected chi connectivity index (χ3v) is 1.79. The maximum atomic E-state index is 11.7. The predicted octanol–water partition coefficient (Wildman–Crippen LogP) is 2.04. The monoisotopic (exact) mass is 212 g/mol. The van der Waals surface area contributed by atoms with Crippen molar-refractivity contribution in [2.75, 3.05) is 6.54 Å². The van der Waals surface area contributed by atoms with Crippen molar-refractivity contribution in [1.82, 2.24) is 10.6 Å². The van der Waals surface area contributed by atoms with Gasteiger partial charge in [-0.3, -0.25) is 0 Å². The van der Waals surface area contributed by atoms with Crippen molar-refractivity contribution >= 4 is 6.03 Å². The molecule has 0 atom stereocenters. The summed E-state index contributed by atoms with van der Waals surface area (Å²) in [5.74, 6) is 0. The Balaban J connectivity index is 3.89. The molecule has 0 saturated heterocycles. The van der Waals surface area contributed by atoms with E-state index < -0.39 is 24.3 Å². The van der Waals surface area contributed by atoms with Crippen LogP contribution in [0, 0.1) is 0 Å². The number of nitrogens with one attached hydrogen (secondary N) is 2. The van der Waals surface area contributed by atoms with Crippen LogP contribution in [0.1, 0.15) is 27.2 Å².